The van der Waals surface area contributed by atoms with Gasteiger partial charge in [0.15, 0.2) is 0 Å². The number of aliphatic hydroxyl groups excluding tert-OH is 1. The van der Waals surface area contributed by atoms with Crippen molar-refractivity contribution in [2.24, 2.45) is 5.92 Å². The normalized spacial score (nSPS) is 17.8. The molecule has 4 heteroatoms. The Morgan fingerprint density at radius 3 is 2.50 bits per heavy atom. The van der Waals surface area contributed by atoms with E-state index in [1.165, 1.54) is 0 Å². The summed E-state index contributed by atoms with van der Waals surface area (Å²) in [5.74, 6) is 0.930. The third-order valence-electron chi connectivity index (χ3n) is 3.94. The highest BCUT2D eigenvalue weighted by atomic mass is 16.3. The Labute approximate surface area is 111 Å². The molecule has 4 nitrogen and oxygen atoms in total. The molecule has 1 amide bonds. The summed E-state index contributed by atoms with van der Waals surface area (Å²) < 4.78 is 0. The largest absolute Gasteiger partial charge is 0.396 e. The molecule has 0 radical (unpaired) electrons. The van der Waals surface area contributed by atoms with E-state index in [2.05, 4.69) is 25.8 Å². The fourth-order valence-electron chi connectivity index (χ4n) is 2.37. The Morgan fingerprint density at radius 2 is 2.00 bits per heavy atom. The van der Waals surface area contributed by atoms with Crippen molar-refractivity contribution in [3.8, 4) is 0 Å². The zero-order valence-electron chi connectivity index (χ0n) is 12.1. The fourth-order valence-corrected chi connectivity index (χ4v) is 2.37. The molecule has 106 valence electrons. The average Bonchev–Trinajstić information content (AvgIpc) is 2.36. The van der Waals surface area contributed by atoms with Gasteiger partial charge in [-0.15, -0.1) is 0 Å². The summed E-state index contributed by atoms with van der Waals surface area (Å²) in [6.45, 7) is 7.46. The average molecular weight is 256 g/mol. The van der Waals surface area contributed by atoms with Gasteiger partial charge in [-0.3, -0.25) is 4.79 Å². The van der Waals surface area contributed by atoms with Crippen LogP contribution in [-0.4, -0.2) is 60.1 Å². The maximum absolute atomic E-state index is 11.8. The van der Waals surface area contributed by atoms with Crippen LogP contribution in [-0.2, 0) is 4.79 Å². The van der Waals surface area contributed by atoms with Gasteiger partial charge in [-0.1, -0.05) is 0 Å². The summed E-state index contributed by atoms with van der Waals surface area (Å²) in [6, 6.07) is 0.592. The van der Waals surface area contributed by atoms with Crippen LogP contribution >= 0.6 is 0 Å². The first-order chi connectivity index (χ1) is 8.54. The quantitative estimate of drug-likeness (QED) is 0.780. The summed E-state index contributed by atoms with van der Waals surface area (Å²) in [5.41, 5.74) is 0. The minimum atomic E-state index is 0.112. The monoisotopic (exact) mass is 256 g/mol. The van der Waals surface area contributed by atoms with Gasteiger partial charge in [-0.25, -0.2) is 0 Å². The predicted octanol–water partition coefficient (Wildman–Crippen LogP) is 1.34. The van der Waals surface area contributed by atoms with Gasteiger partial charge in [0, 0.05) is 38.7 Å². The van der Waals surface area contributed by atoms with E-state index in [1.54, 1.807) is 0 Å². The number of carbonyl (C=O) groups is 1. The van der Waals surface area contributed by atoms with Crippen LogP contribution in [0.2, 0.25) is 0 Å². The Kier molecular flexibility index (Phi) is 6.65. The molecule has 1 rings (SSSR count). The number of hydrogen-bond donors (Lipinski definition) is 1. The van der Waals surface area contributed by atoms with Crippen molar-refractivity contribution in [1.29, 1.82) is 0 Å². The number of hydrogen-bond acceptors (Lipinski definition) is 3. The molecule has 1 aliphatic heterocycles. The molecule has 1 N–H and O–H groups in total. The Bertz CT molecular complexity index is 248. The molecule has 1 fully saturated rings. The van der Waals surface area contributed by atoms with Crippen molar-refractivity contribution in [2.45, 2.75) is 45.6 Å². The van der Waals surface area contributed by atoms with Crippen molar-refractivity contribution >= 4 is 5.91 Å². The second-order valence-corrected chi connectivity index (χ2v) is 5.68. The molecule has 1 saturated heterocycles. The van der Waals surface area contributed by atoms with Gasteiger partial charge in [0.05, 0.1) is 0 Å². The lowest BCUT2D eigenvalue weighted by Gasteiger charge is -2.35. The molecular formula is C14H28N2O2. The summed E-state index contributed by atoms with van der Waals surface area (Å²) >= 11 is 0. The highest BCUT2D eigenvalue weighted by Gasteiger charge is 2.23. The van der Waals surface area contributed by atoms with Crippen molar-refractivity contribution in [3.05, 3.63) is 0 Å². The summed E-state index contributed by atoms with van der Waals surface area (Å²) in [7, 11) is 2.17. The second-order valence-electron chi connectivity index (χ2n) is 5.68. The van der Waals surface area contributed by atoms with Crippen LogP contribution in [0.15, 0.2) is 0 Å². The van der Waals surface area contributed by atoms with E-state index in [0.29, 0.717) is 18.9 Å². The van der Waals surface area contributed by atoms with E-state index in [4.69, 9.17) is 5.11 Å². The maximum atomic E-state index is 11.8. The van der Waals surface area contributed by atoms with Crippen LogP contribution in [0.1, 0.15) is 39.5 Å². The summed E-state index contributed by atoms with van der Waals surface area (Å²) in [4.78, 5) is 16.1. The number of rotatable bonds is 6. The van der Waals surface area contributed by atoms with Gasteiger partial charge in [-0.2, -0.15) is 0 Å². The van der Waals surface area contributed by atoms with Gasteiger partial charge in [0.1, 0.15) is 0 Å². The van der Waals surface area contributed by atoms with E-state index >= 15 is 0 Å². The first kappa shape index (κ1) is 15.4. The van der Waals surface area contributed by atoms with Crippen LogP contribution in [0.4, 0.5) is 0 Å². The lowest BCUT2D eigenvalue weighted by molar-refractivity contribution is -0.132. The molecule has 1 aliphatic rings. The lowest BCUT2D eigenvalue weighted by atomic mass is 9.95. The molecular weight excluding hydrogens is 228 g/mol. The van der Waals surface area contributed by atoms with Crippen molar-refractivity contribution < 1.29 is 9.90 Å². The first-order valence-corrected chi connectivity index (χ1v) is 7.13. The van der Waals surface area contributed by atoms with Crippen molar-refractivity contribution in [1.82, 2.24) is 9.80 Å². The highest BCUT2D eigenvalue weighted by Crippen LogP contribution is 2.19. The van der Waals surface area contributed by atoms with Crippen LogP contribution in [0.3, 0.4) is 0 Å². The highest BCUT2D eigenvalue weighted by molar-refractivity contribution is 5.76. The van der Waals surface area contributed by atoms with Gasteiger partial charge >= 0.3 is 0 Å². The number of carbonyl (C=O) groups excluding carboxylic acids is 1. The van der Waals surface area contributed by atoms with Crippen LogP contribution in [0, 0.1) is 5.92 Å². The maximum Gasteiger partial charge on any atom is 0.222 e. The zero-order chi connectivity index (χ0) is 13.5. The molecule has 0 aromatic carbocycles. The van der Waals surface area contributed by atoms with Crippen LogP contribution in [0.5, 0.6) is 0 Å². The smallest absolute Gasteiger partial charge is 0.222 e. The predicted molar refractivity (Wildman–Crippen MR) is 73.4 cm³/mol. The second kappa shape index (κ2) is 7.74. The molecule has 0 saturated carbocycles. The van der Waals surface area contributed by atoms with Gasteiger partial charge in [0.25, 0.3) is 0 Å². The molecule has 0 bridgehead atoms. The topological polar surface area (TPSA) is 43.8 Å². The third-order valence-corrected chi connectivity index (χ3v) is 3.94. The van der Waals surface area contributed by atoms with E-state index in [9.17, 15) is 4.79 Å². The van der Waals surface area contributed by atoms with E-state index in [-0.39, 0.29) is 12.5 Å². The molecule has 0 aromatic heterocycles. The Morgan fingerprint density at radius 1 is 1.39 bits per heavy atom. The molecule has 18 heavy (non-hydrogen) atoms. The molecule has 0 atom stereocenters. The van der Waals surface area contributed by atoms with E-state index < -0.39 is 0 Å². The number of nitrogens with zero attached hydrogens (tertiary/aromatic N) is 2. The summed E-state index contributed by atoms with van der Waals surface area (Å²) in [6.07, 6.45) is 3.31. The number of piperidine rings is 1. The standard InChI is InChI=1S/C14H28N2O2/c1-12(2)15(3)11-13-6-8-16(9-7-13)14(18)5-4-10-17/h12-13,17H,4-11H2,1-3H3. The third kappa shape index (κ3) is 4.94. The molecule has 0 aromatic rings. The number of amides is 1. The molecule has 0 unspecified atom stereocenters. The lowest BCUT2D eigenvalue weighted by Crippen LogP contribution is -2.42. The van der Waals surface area contributed by atoms with Gasteiger partial charge < -0.3 is 14.9 Å². The van der Waals surface area contributed by atoms with Crippen LogP contribution < -0.4 is 0 Å². The van der Waals surface area contributed by atoms with Crippen LogP contribution in [0.25, 0.3) is 0 Å². The van der Waals surface area contributed by atoms with Crippen molar-refractivity contribution in [2.75, 3.05) is 33.3 Å². The summed E-state index contributed by atoms with van der Waals surface area (Å²) in [5, 5.41) is 8.73. The minimum absolute atomic E-state index is 0.112. The first-order valence-electron chi connectivity index (χ1n) is 7.13. The van der Waals surface area contributed by atoms with Gasteiger partial charge in [-0.05, 0) is 46.1 Å². The Balaban J connectivity index is 2.26. The Hall–Kier alpha value is -0.610. The number of aliphatic hydroxyl groups is 1. The molecule has 0 spiro atoms. The SMILES string of the molecule is CC(C)N(C)CC1CCN(C(=O)CCCO)CC1. The van der Waals surface area contributed by atoms with Gasteiger partial charge in [0.2, 0.25) is 5.91 Å². The molecule has 1 heterocycles. The van der Waals surface area contributed by atoms with Crippen molar-refractivity contribution in [3.63, 3.8) is 0 Å². The number of likely N-dealkylation sites (tertiary alicyclic amines) is 1. The minimum Gasteiger partial charge on any atom is -0.396 e. The zero-order valence-corrected chi connectivity index (χ0v) is 12.1. The van der Waals surface area contributed by atoms with E-state index in [0.717, 1.165) is 38.4 Å². The van der Waals surface area contributed by atoms with E-state index in [1.807, 2.05) is 4.90 Å². The molecule has 0 aliphatic carbocycles. The fraction of sp³-hybridized carbons (Fsp3) is 0.929.